The summed E-state index contributed by atoms with van der Waals surface area (Å²) in [6, 6.07) is 11.7. The van der Waals surface area contributed by atoms with Crippen LogP contribution < -0.4 is 0 Å². The van der Waals surface area contributed by atoms with Crippen LogP contribution in [0.2, 0.25) is 0 Å². The zero-order chi connectivity index (χ0) is 21.1. The van der Waals surface area contributed by atoms with Crippen LogP contribution in [-0.2, 0) is 16.0 Å². The van der Waals surface area contributed by atoms with Crippen molar-refractivity contribution in [2.75, 3.05) is 46.4 Å². The second kappa shape index (κ2) is 8.82. The molecule has 0 atom stereocenters. The van der Waals surface area contributed by atoms with E-state index in [9.17, 15) is 13.6 Å². The molecular formula is C24H28F2N2O2. The summed E-state index contributed by atoms with van der Waals surface area (Å²) in [4.78, 5) is 17.8. The van der Waals surface area contributed by atoms with Crippen molar-refractivity contribution < 1.29 is 18.3 Å². The first-order chi connectivity index (χ1) is 14.5. The molecule has 4 nitrogen and oxygen atoms in total. The Kier molecular flexibility index (Phi) is 6.16. The molecule has 0 saturated carbocycles. The van der Waals surface area contributed by atoms with Gasteiger partial charge >= 0.3 is 0 Å². The van der Waals surface area contributed by atoms with Crippen molar-refractivity contribution in [1.82, 2.24) is 9.80 Å². The van der Waals surface area contributed by atoms with Gasteiger partial charge in [0.05, 0.1) is 5.41 Å². The second-order valence-corrected chi connectivity index (χ2v) is 8.49. The summed E-state index contributed by atoms with van der Waals surface area (Å²) in [6.45, 7) is 4.47. The normalized spacial score (nSPS) is 19.6. The summed E-state index contributed by atoms with van der Waals surface area (Å²) in [6.07, 6.45) is 2.03. The summed E-state index contributed by atoms with van der Waals surface area (Å²) >= 11 is 0. The highest BCUT2D eigenvalue weighted by Crippen LogP contribution is 2.37. The van der Waals surface area contributed by atoms with E-state index in [1.807, 2.05) is 29.2 Å². The van der Waals surface area contributed by atoms with Crippen LogP contribution in [0.15, 0.2) is 42.5 Å². The number of rotatable bonds is 4. The summed E-state index contributed by atoms with van der Waals surface area (Å²) in [5.74, 6) is -1.49. The Bertz CT molecular complexity index is 904. The molecule has 1 amide bonds. The molecule has 0 aliphatic carbocycles. The van der Waals surface area contributed by atoms with Gasteiger partial charge in [0.15, 0.2) is 11.6 Å². The van der Waals surface area contributed by atoms with Gasteiger partial charge in [0.1, 0.15) is 0 Å². The van der Waals surface area contributed by atoms with Crippen molar-refractivity contribution in [1.29, 1.82) is 0 Å². The Labute approximate surface area is 176 Å². The fourth-order valence-electron chi connectivity index (χ4n) is 4.50. The summed E-state index contributed by atoms with van der Waals surface area (Å²) in [7, 11) is 2.08. The van der Waals surface area contributed by atoms with Crippen LogP contribution in [0.1, 0.15) is 18.4 Å². The van der Waals surface area contributed by atoms with Gasteiger partial charge in [-0.3, -0.25) is 4.79 Å². The Balaban J connectivity index is 1.59. The number of nitrogens with zero attached hydrogens (tertiary/aromatic N) is 2. The first-order valence-corrected chi connectivity index (χ1v) is 10.6. The minimum absolute atomic E-state index is 0.220. The maximum absolute atomic E-state index is 13.7. The van der Waals surface area contributed by atoms with E-state index in [2.05, 4.69) is 11.9 Å². The monoisotopic (exact) mass is 414 g/mol. The van der Waals surface area contributed by atoms with Gasteiger partial charge in [-0.2, -0.15) is 0 Å². The van der Waals surface area contributed by atoms with Gasteiger partial charge in [-0.25, -0.2) is 8.78 Å². The standard InChI is InChI=1S/C24H28F2N2O2/c1-27-9-11-28(12-10-27)23(29)24(7-13-30-14-8-24)17-18-3-2-4-19(15-18)20-5-6-21(25)22(26)16-20/h2-6,15-16H,7-14,17H2,1H3. The van der Waals surface area contributed by atoms with E-state index < -0.39 is 17.0 Å². The highest BCUT2D eigenvalue weighted by atomic mass is 19.2. The Morgan fingerprint density at radius 2 is 1.67 bits per heavy atom. The number of hydrogen-bond donors (Lipinski definition) is 0. The van der Waals surface area contributed by atoms with Gasteiger partial charge in [0, 0.05) is 39.4 Å². The zero-order valence-corrected chi connectivity index (χ0v) is 17.4. The number of ether oxygens (including phenoxy) is 1. The third-order valence-electron chi connectivity index (χ3n) is 6.42. The predicted molar refractivity (Wildman–Crippen MR) is 112 cm³/mol. The molecule has 30 heavy (non-hydrogen) atoms. The Morgan fingerprint density at radius 1 is 0.967 bits per heavy atom. The van der Waals surface area contributed by atoms with E-state index in [4.69, 9.17) is 4.74 Å². The molecule has 0 bridgehead atoms. The van der Waals surface area contributed by atoms with E-state index in [1.54, 1.807) is 6.07 Å². The maximum atomic E-state index is 13.7. The van der Waals surface area contributed by atoms with Crippen molar-refractivity contribution in [2.24, 2.45) is 5.41 Å². The lowest BCUT2D eigenvalue weighted by Gasteiger charge is -2.42. The van der Waals surface area contributed by atoms with Crippen molar-refractivity contribution in [2.45, 2.75) is 19.3 Å². The van der Waals surface area contributed by atoms with Crippen molar-refractivity contribution in [3.8, 4) is 11.1 Å². The smallest absolute Gasteiger partial charge is 0.229 e. The molecule has 2 aliphatic heterocycles. The topological polar surface area (TPSA) is 32.8 Å². The fourth-order valence-corrected chi connectivity index (χ4v) is 4.50. The second-order valence-electron chi connectivity index (χ2n) is 8.49. The van der Waals surface area contributed by atoms with Gasteiger partial charge < -0.3 is 14.5 Å². The number of carbonyl (C=O) groups excluding carboxylic acids is 1. The van der Waals surface area contributed by atoms with Crippen molar-refractivity contribution in [3.05, 3.63) is 59.7 Å². The molecule has 2 aliphatic rings. The number of hydrogen-bond acceptors (Lipinski definition) is 3. The minimum Gasteiger partial charge on any atom is -0.381 e. The molecule has 6 heteroatoms. The third-order valence-corrected chi connectivity index (χ3v) is 6.42. The fraction of sp³-hybridized carbons (Fsp3) is 0.458. The van der Waals surface area contributed by atoms with Crippen LogP contribution >= 0.6 is 0 Å². The SMILES string of the molecule is CN1CCN(C(=O)C2(Cc3cccc(-c4ccc(F)c(F)c4)c3)CCOCC2)CC1. The van der Waals surface area contributed by atoms with E-state index >= 15 is 0 Å². The summed E-state index contributed by atoms with van der Waals surface area (Å²) < 4.78 is 32.6. The average Bonchev–Trinajstić information content (AvgIpc) is 2.76. The minimum atomic E-state index is -0.857. The van der Waals surface area contributed by atoms with Crippen LogP contribution in [0, 0.1) is 17.0 Å². The van der Waals surface area contributed by atoms with Crippen LogP contribution in [0.5, 0.6) is 0 Å². The van der Waals surface area contributed by atoms with E-state index in [0.717, 1.165) is 43.4 Å². The molecule has 2 heterocycles. The number of amides is 1. The van der Waals surface area contributed by atoms with Gasteiger partial charge in [0.25, 0.3) is 0 Å². The Morgan fingerprint density at radius 3 is 2.37 bits per heavy atom. The van der Waals surface area contributed by atoms with Crippen LogP contribution in [0.4, 0.5) is 8.78 Å². The largest absolute Gasteiger partial charge is 0.381 e. The number of carbonyl (C=O) groups is 1. The lowest BCUT2D eigenvalue weighted by Crippen LogP contribution is -2.54. The third kappa shape index (κ3) is 4.40. The Hall–Kier alpha value is -2.31. The molecule has 2 fully saturated rings. The number of likely N-dealkylation sites (N-methyl/N-ethyl adjacent to an activating group) is 1. The van der Waals surface area contributed by atoms with Crippen molar-refractivity contribution >= 4 is 5.91 Å². The lowest BCUT2D eigenvalue weighted by atomic mass is 9.73. The molecule has 0 unspecified atom stereocenters. The molecule has 0 spiro atoms. The highest BCUT2D eigenvalue weighted by Gasteiger charge is 2.43. The van der Waals surface area contributed by atoms with E-state index in [1.165, 1.54) is 6.07 Å². The predicted octanol–water partition coefficient (Wildman–Crippen LogP) is 3.75. The molecular weight excluding hydrogens is 386 g/mol. The van der Waals surface area contributed by atoms with Crippen molar-refractivity contribution in [3.63, 3.8) is 0 Å². The lowest BCUT2D eigenvalue weighted by molar-refractivity contribution is -0.149. The first-order valence-electron chi connectivity index (χ1n) is 10.6. The highest BCUT2D eigenvalue weighted by molar-refractivity contribution is 5.83. The van der Waals surface area contributed by atoms with Gasteiger partial charge in [0.2, 0.25) is 5.91 Å². The van der Waals surface area contributed by atoms with Crippen LogP contribution in [0.3, 0.4) is 0 Å². The number of benzene rings is 2. The van der Waals surface area contributed by atoms with Gasteiger partial charge in [-0.1, -0.05) is 30.3 Å². The average molecular weight is 414 g/mol. The molecule has 2 saturated heterocycles. The van der Waals surface area contributed by atoms with E-state index in [-0.39, 0.29) is 5.91 Å². The maximum Gasteiger partial charge on any atom is 0.229 e. The molecule has 0 N–H and O–H groups in total. The quantitative estimate of drug-likeness (QED) is 0.764. The molecule has 160 valence electrons. The number of piperazine rings is 1. The molecule has 2 aromatic rings. The van der Waals surface area contributed by atoms with Gasteiger partial charge in [-0.05, 0) is 55.1 Å². The zero-order valence-electron chi connectivity index (χ0n) is 17.4. The molecule has 0 aromatic heterocycles. The van der Waals surface area contributed by atoms with Gasteiger partial charge in [-0.15, -0.1) is 0 Å². The summed E-state index contributed by atoms with van der Waals surface area (Å²) in [5, 5.41) is 0. The number of halogens is 2. The van der Waals surface area contributed by atoms with Crippen LogP contribution in [0.25, 0.3) is 11.1 Å². The van der Waals surface area contributed by atoms with E-state index in [0.29, 0.717) is 38.0 Å². The molecule has 2 aromatic carbocycles. The summed E-state index contributed by atoms with van der Waals surface area (Å²) in [5.41, 5.74) is 2.00. The molecule has 0 radical (unpaired) electrons. The van der Waals surface area contributed by atoms with Crippen LogP contribution in [-0.4, -0.2) is 62.1 Å². The molecule has 4 rings (SSSR count). The first kappa shape index (κ1) is 20.9.